The van der Waals surface area contributed by atoms with Gasteiger partial charge in [-0.25, -0.2) is 0 Å². The second-order valence-electron chi connectivity index (χ2n) is 4.33. The van der Waals surface area contributed by atoms with Crippen molar-refractivity contribution in [3.05, 3.63) is 63.3 Å². The molecule has 0 amide bonds. The van der Waals surface area contributed by atoms with Gasteiger partial charge in [0.25, 0.3) is 0 Å². The predicted octanol–water partition coefficient (Wildman–Crippen LogP) is 2.82. The van der Waals surface area contributed by atoms with Crippen LogP contribution in [0.3, 0.4) is 0 Å². The van der Waals surface area contributed by atoms with E-state index in [0.29, 0.717) is 11.1 Å². The first kappa shape index (κ1) is 12.5. The third-order valence-corrected chi connectivity index (χ3v) is 3.31. The Balaban J connectivity index is 2.52. The number of hydrogen-bond donors (Lipinski definition) is 0. The Labute approximate surface area is 119 Å². The van der Waals surface area contributed by atoms with Crippen LogP contribution in [0, 0.1) is 32.8 Å². The molecule has 1 heterocycles. The number of hydrogen-bond acceptors (Lipinski definition) is 5. The van der Waals surface area contributed by atoms with Crippen molar-refractivity contribution in [1.29, 1.82) is 10.5 Å². The molecular weight excluding hydrogens is 268 g/mol. The van der Waals surface area contributed by atoms with Crippen molar-refractivity contribution in [2.24, 2.45) is 0 Å². The number of nitrogens with zero attached hydrogens (tertiary/aromatic N) is 4. The number of nitriles is 2. The van der Waals surface area contributed by atoms with E-state index in [0.717, 1.165) is 5.56 Å². The molecule has 0 bridgehead atoms. The van der Waals surface area contributed by atoms with E-state index in [4.69, 9.17) is 10.5 Å². The summed E-state index contributed by atoms with van der Waals surface area (Å²) in [5.74, 6) is -0.346. The van der Waals surface area contributed by atoms with E-state index >= 15 is 0 Å². The van der Waals surface area contributed by atoms with Crippen LogP contribution in [0.2, 0.25) is 0 Å². The number of allylic oxidation sites excluding steroid dienone is 1. The minimum atomic E-state index is -0.600. The molecule has 0 fully saturated rings. The average Bonchev–Trinajstić information content (AvgIpc) is 2.84. The zero-order valence-electron chi connectivity index (χ0n) is 10.6. The molecule has 0 unspecified atom stereocenters. The van der Waals surface area contributed by atoms with Crippen LogP contribution in [-0.4, -0.2) is 9.91 Å². The van der Waals surface area contributed by atoms with Crippen LogP contribution in [0.1, 0.15) is 11.1 Å². The maximum Gasteiger partial charge on any atom is 0.372 e. The quantitative estimate of drug-likeness (QED) is 0.385. The molecule has 1 aliphatic carbocycles. The Kier molecular flexibility index (Phi) is 2.71. The van der Waals surface area contributed by atoms with Crippen molar-refractivity contribution in [3.63, 3.8) is 0 Å². The molecule has 98 valence electrons. The first-order valence-corrected chi connectivity index (χ1v) is 5.97. The monoisotopic (exact) mass is 274 g/mol. The second kappa shape index (κ2) is 4.55. The summed E-state index contributed by atoms with van der Waals surface area (Å²) in [6.07, 6.45) is 1.36. The van der Waals surface area contributed by atoms with Crippen LogP contribution >= 0.6 is 0 Å². The topological polar surface area (TPSA) is 104 Å². The van der Waals surface area contributed by atoms with Crippen LogP contribution < -0.4 is 0 Å². The zero-order chi connectivity index (χ0) is 15.0. The molecule has 3 rings (SSSR count). The summed E-state index contributed by atoms with van der Waals surface area (Å²) in [5.41, 5.74) is 2.38. The van der Waals surface area contributed by atoms with Crippen LogP contribution in [-0.2, 0) is 0 Å². The second-order valence-corrected chi connectivity index (χ2v) is 4.33. The molecule has 0 radical (unpaired) electrons. The summed E-state index contributed by atoms with van der Waals surface area (Å²) >= 11 is 0. The number of rotatable bonds is 1. The van der Waals surface area contributed by atoms with Crippen molar-refractivity contribution >= 4 is 11.4 Å². The van der Waals surface area contributed by atoms with Gasteiger partial charge in [0.15, 0.2) is 0 Å². The molecule has 6 nitrogen and oxygen atoms in total. The van der Waals surface area contributed by atoms with Crippen molar-refractivity contribution in [2.45, 2.75) is 0 Å². The molecule has 1 aromatic carbocycles. The summed E-state index contributed by atoms with van der Waals surface area (Å²) in [5, 5.41) is 29.5. The molecule has 0 spiro atoms. The molecule has 1 aromatic heterocycles. The summed E-state index contributed by atoms with van der Waals surface area (Å²) in [4.78, 5) is 14.4. The molecule has 0 atom stereocenters. The van der Waals surface area contributed by atoms with Crippen molar-refractivity contribution in [2.75, 3.05) is 0 Å². The lowest BCUT2D eigenvalue weighted by molar-refractivity contribution is -0.389. The standard InChI is InChI=1S/C15H6N4O2/c16-7-9(8-17)13-11-4-2-1-3-10(11)12-5-6-18-15(14(12)13)19(20)21/h1-6H. The van der Waals surface area contributed by atoms with Gasteiger partial charge in [0.1, 0.15) is 23.9 Å². The highest BCUT2D eigenvalue weighted by atomic mass is 16.6. The van der Waals surface area contributed by atoms with Crippen LogP contribution in [0.4, 0.5) is 5.82 Å². The maximum atomic E-state index is 11.2. The molecular formula is C15H6N4O2. The normalized spacial score (nSPS) is 11.0. The van der Waals surface area contributed by atoms with Gasteiger partial charge in [-0.2, -0.15) is 10.5 Å². The van der Waals surface area contributed by atoms with Crippen molar-refractivity contribution < 1.29 is 4.92 Å². The Morgan fingerprint density at radius 1 is 1.10 bits per heavy atom. The smallest absolute Gasteiger partial charge is 0.358 e. The van der Waals surface area contributed by atoms with Crippen LogP contribution in [0.5, 0.6) is 0 Å². The number of benzene rings is 1. The fourth-order valence-corrected chi connectivity index (χ4v) is 2.53. The van der Waals surface area contributed by atoms with Crippen LogP contribution in [0.15, 0.2) is 42.1 Å². The van der Waals surface area contributed by atoms with Gasteiger partial charge in [0.05, 0.1) is 5.56 Å². The first-order chi connectivity index (χ1) is 10.2. The Bertz CT molecular complexity index is 885. The number of nitro groups is 1. The number of aromatic nitrogens is 1. The highest BCUT2D eigenvalue weighted by Crippen LogP contribution is 2.48. The van der Waals surface area contributed by atoms with E-state index in [-0.39, 0.29) is 22.5 Å². The van der Waals surface area contributed by atoms with E-state index in [9.17, 15) is 10.1 Å². The number of pyridine rings is 1. The van der Waals surface area contributed by atoms with Gasteiger partial charge in [-0.1, -0.05) is 24.3 Å². The fourth-order valence-electron chi connectivity index (χ4n) is 2.53. The Morgan fingerprint density at radius 2 is 1.76 bits per heavy atom. The summed E-state index contributed by atoms with van der Waals surface area (Å²) in [7, 11) is 0. The van der Waals surface area contributed by atoms with Gasteiger partial charge in [-0.05, 0) is 27.1 Å². The molecule has 2 aromatic rings. The Morgan fingerprint density at radius 3 is 2.38 bits per heavy atom. The minimum absolute atomic E-state index is 0.155. The van der Waals surface area contributed by atoms with E-state index < -0.39 is 4.92 Å². The molecule has 21 heavy (non-hydrogen) atoms. The van der Waals surface area contributed by atoms with Gasteiger partial charge < -0.3 is 10.1 Å². The largest absolute Gasteiger partial charge is 0.372 e. The van der Waals surface area contributed by atoms with Crippen molar-refractivity contribution in [1.82, 2.24) is 4.98 Å². The predicted molar refractivity (Wildman–Crippen MR) is 73.6 cm³/mol. The lowest BCUT2D eigenvalue weighted by atomic mass is 9.99. The molecule has 0 saturated heterocycles. The lowest BCUT2D eigenvalue weighted by Crippen LogP contribution is -1.98. The summed E-state index contributed by atoms with van der Waals surface area (Å²) < 4.78 is 0. The highest BCUT2D eigenvalue weighted by Gasteiger charge is 2.33. The van der Waals surface area contributed by atoms with Crippen molar-refractivity contribution in [3.8, 4) is 23.3 Å². The molecule has 0 N–H and O–H groups in total. The molecule has 0 aliphatic heterocycles. The van der Waals surface area contributed by atoms with Gasteiger partial charge in [-0.15, -0.1) is 0 Å². The van der Waals surface area contributed by atoms with E-state index in [1.807, 2.05) is 12.1 Å². The van der Waals surface area contributed by atoms with E-state index in [1.54, 1.807) is 30.3 Å². The highest BCUT2D eigenvalue weighted by molar-refractivity contribution is 6.05. The van der Waals surface area contributed by atoms with E-state index in [1.165, 1.54) is 6.20 Å². The summed E-state index contributed by atoms with van der Waals surface area (Å²) in [6, 6.07) is 12.4. The lowest BCUT2D eigenvalue weighted by Gasteiger charge is -2.02. The first-order valence-electron chi connectivity index (χ1n) is 5.97. The zero-order valence-corrected chi connectivity index (χ0v) is 10.6. The van der Waals surface area contributed by atoms with Gasteiger partial charge >= 0.3 is 5.82 Å². The number of fused-ring (bicyclic) bond motifs is 3. The molecule has 6 heteroatoms. The van der Waals surface area contributed by atoms with Gasteiger partial charge in [-0.3, -0.25) is 0 Å². The molecule has 0 saturated carbocycles. The van der Waals surface area contributed by atoms with Gasteiger partial charge in [0, 0.05) is 11.1 Å². The minimum Gasteiger partial charge on any atom is -0.358 e. The fraction of sp³-hybridized carbons (Fsp3) is 0. The maximum absolute atomic E-state index is 11.2. The SMILES string of the molecule is N#CC(C#N)=C1c2ccccc2-c2ccnc([N+](=O)[O-])c21. The van der Waals surface area contributed by atoms with E-state index in [2.05, 4.69) is 4.98 Å². The summed E-state index contributed by atoms with van der Waals surface area (Å²) in [6.45, 7) is 0. The Hall–Kier alpha value is -3.51. The van der Waals surface area contributed by atoms with Gasteiger partial charge in [0.2, 0.25) is 0 Å². The van der Waals surface area contributed by atoms with Crippen LogP contribution in [0.25, 0.3) is 16.7 Å². The molecule has 1 aliphatic rings. The average molecular weight is 274 g/mol. The third-order valence-electron chi connectivity index (χ3n) is 3.31. The third kappa shape index (κ3) is 1.67.